The Balaban J connectivity index is 2.32. The van der Waals surface area contributed by atoms with Crippen molar-refractivity contribution in [3.8, 4) is 0 Å². The van der Waals surface area contributed by atoms with Gasteiger partial charge in [-0.05, 0) is 54.8 Å². The quantitative estimate of drug-likeness (QED) is 0.785. The van der Waals surface area contributed by atoms with Gasteiger partial charge in [0.05, 0.1) is 4.90 Å². The van der Waals surface area contributed by atoms with Crippen molar-refractivity contribution in [1.29, 1.82) is 0 Å². The molecule has 0 fully saturated rings. The summed E-state index contributed by atoms with van der Waals surface area (Å²) in [5.41, 5.74) is 7.05. The first-order chi connectivity index (χ1) is 9.99. The normalized spacial score (nSPS) is 12.4. The Morgan fingerprint density at radius 2 is 1.90 bits per heavy atom. The van der Waals surface area contributed by atoms with E-state index < -0.39 is 11.6 Å². The van der Waals surface area contributed by atoms with E-state index in [-0.39, 0.29) is 10.9 Å². The molecule has 2 N–H and O–H groups in total. The zero-order valence-electron chi connectivity index (χ0n) is 11.6. The van der Waals surface area contributed by atoms with Gasteiger partial charge >= 0.3 is 0 Å². The molecule has 0 amide bonds. The van der Waals surface area contributed by atoms with E-state index in [2.05, 4.69) is 15.9 Å². The molecule has 1 unspecified atom stereocenters. The van der Waals surface area contributed by atoms with E-state index in [9.17, 15) is 8.78 Å². The Labute approximate surface area is 136 Å². The average Bonchev–Trinajstić information content (AvgIpc) is 2.45. The van der Waals surface area contributed by atoms with Crippen molar-refractivity contribution >= 4 is 27.7 Å². The Hall–Kier alpha value is -0.910. The Bertz CT molecular complexity index is 634. The molecular formula is C16H16BrF2NS. The fraction of sp³-hybridized carbons (Fsp3) is 0.250. The standard InChI is InChI=1S/C16H16BrF2NS/c1-2-13(20)8-10-7-11(17)3-6-15(10)21-16-9-12(18)4-5-14(16)19/h3-7,9,13H,2,8,20H2,1H3. The first-order valence-corrected chi connectivity index (χ1v) is 8.27. The van der Waals surface area contributed by atoms with Crippen LogP contribution in [0.1, 0.15) is 18.9 Å². The molecule has 2 rings (SSSR count). The summed E-state index contributed by atoms with van der Waals surface area (Å²) < 4.78 is 28.0. The van der Waals surface area contributed by atoms with Crippen LogP contribution in [0.15, 0.2) is 50.7 Å². The molecule has 5 heteroatoms. The molecule has 0 radical (unpaired) electrons. The van der Waals surface area contributed by atoms with Gasteiger partial charge in [0.25, 0.3) is 0 Å². The lowest BCUT2D eigenvalue weighted by molar-refractivity contribution is 0.577. The minimum Gasteiger partial charge on any atom is -0.327 e. The van der Waals surface area contributed by atoms with Crippen LogP contribution in [0.4, 0.5) is 8.78 Å². The van der Waals surface area contributed by atoms with Gasteiger partial charge in [-0.2, -0.15) is 0 Å². The number of hydrogen-bond acceptors (Lipinski definition) is 2. The predicted molar refractivity (Wildman–Crippen MR) is 86.6 cm³/mol. The molecule has 0 aliphatic heterocycles. The van der Waals surface area contributed by atoms with Gasteiger partial charge in [-0.15, -0.1) is 0 Å². The van der Waals surface area contributed by atoms with E-state index in [4.69, 9.17) is 5.73 Å². The van der Waals surface area contributed by atoms with Gasteiger partial charge < -0.3 is 5.73 Å². The molecule has 0 saturated heterocycles. The van der Waals surface area contributed by atoms with Crippen LogP contribution in [0.5, 0.6) is 0 Å². The molecule has 1 atom stereocenters. The second kappa shape index (κ2) is 7.38. The van der Waals surface area contributed by atoms with Gasteiger partial charge in [0.15, 0.2) is 0 Å². The number of benzene rings is 2. The lowest BCUT2D eigenvalue weighted by Gasteiger charge is -2.14. The summed E-state index contributed by atoms with van der Waals surface area (Å²) in [6.45, 7) is 2.03. The van der Waals surface area contributed by atoms with Crippen LogP contribution >= 0.6 is 27.7 Å². The molecule has 0 aliphatic carbocycles. The third kappa shape index (κ3) is 4.53. The summed E-state index contributed by atoms with van der Waals surface area (Å²) in [7, 11) is 0. The van der Waals surface area contributed by atoms with E-state index >= 15 is 0 Å². The number of rotatable bonds is 5. The maximum atomic E-state index is 13.8. The SMILES string of the molecule is CCC(N)Cc1cc(Br)ccc1Sc1cc(F)ccc1F. The van der Waals surface area contributed by atoms with Crippen LogP contribution in [-0.4, -0.2) is 6.04 Å². The highest BCUT2D eigenvalue weighted by atomic mass is 79.9. The summed E-state index contributed by atoms with van der Waals surface area (Å²) >= 11 is 4.66. The first-order valence-electron chi connectivity index (χ1n) is 6.66. The van der Waals surface area contributed by atoms with Gasteiger partial charge in [-0.3, -0.25) is 0 Å². The minimum absolute atomic E-state index is 0.0519. The summed E-state index contributed by atoms with van der Waals surface area (Å²) in [5, 5.41) is 0. The van der Waals surface area contributed by atoms with Crippen LogP contribution in [0.3, 0.4) is 0 Å². The van der Waals surface area contributed by atoms with Crippen molar-refractivity contribution < 1.29 is 8.78 Å². The highest BCUT2D eigenvalue weighted by Crippen LogP contribution is 2.34. The van der Waals surface area contributed by atoms with Crippen molar-refractivity contribution in [3.05, 3.63) is 58.1 Å². The second-order valence-corrected chi connectivity index (χ2v) is 6.80. The Kier molecular flexibility index (Phi) is 5.79. The van der Waals surface area contributed by atoms with Crippen molar-refractivity contribution in [2.45, 2.75) is 35.6 Å². The maximum absolute atomic E-state index is 13.8. The van der Waals surface area contributed by atoms with Crippen molar-refractivity contribution in [2.24, 2.45) is 5.73 Å². The zero-order valence-corrected chi connectivity index (χ0v) is 14.0. The van der Waals surface area contributed by atoms with Crippen LogP contribution in [0.25, 0.3) is 0 Å². The molecule has 0 aliphatic rings. The van der Waals surface area contributed by atoms with Crippen LogP contribution in [0.2, 0.25) is 0 Å². The molecule has 112 valence electrons. The van der Waals surface area contributed by atoms with Gasteiger partial charge in [0.2, 0.25) is 0 Å². The van der Waals surface area contributed by atoms with E-state index in [0.29, 0.717) is 6.42 Å². The smallest absolute Gasteiger partial charge is 0.137 e. The van der Waals surface area contributed by atoms with Gasteiger partial charge in [0, 0.05) is 15.4 Å². The van der Waals surface area contributed by atoms with Crippen molar-refractivity contribution in [3.63, 3.8) is 0 Å². The summed E-state index contributed by atoms with van der Waals surface area (Å²) in [5.74, 6) is -0.863. The van der Waals surface area contributed by atoms with Crippen LogP contribution in [0, 0.1) is 11.6 Å². The molecule has 0 bridgehead atoms. The Morgan fingerprint density at radius 1 is 1.14 bits per heavy atom. The van der Waals surface area contributed by atoms with Gasteiger partial charge in [-0.25, -0.2) is 8.78 Å². The van der Waals surface area contributed by atoms with E-state index in [1.807, 2.05) is 25.1 Å². The van der Waals surface area contributed by atoms with E-state index in [0.717, 1.165) is 33.5 Å². The van der Waals surface area contributed by atoms with Crippen LogP contribution < -0.4 is 5.73 Å². The fourth-order valence-corrected chi connectivity index (χ4v) is 3.30. The Morgan fingerprint density at radius 3 is 2.62 bits per heavy atom. The zero-order chi connectivity index (χ0) is 15.4. The molecule has 0 spiro atoms. The molecule has 0 aromatic heterocycles. The molecule has 0 saturated carbocycles. The highest BCUT2D eigenvalue weighted by molar-refractivity contribution is 9.10. The topological polar surface area (TPSA) is 26.0 Å². The number of hydrogen-bond donors (Lipinski definition) is 1. The summed E-state index contributed by atoms with van der Waals surface area (Å²) in [6.07, 6.45) is 1.57. The number of halogens is 3. The third-order valence-corrected chi connectivity index (χ3v) is 4.79. The van der Waals surface area contributed by atoms with E-state index in [1.165, 1.54) is 17.8 Å². The largest absolute Gasteiger partial charge is 0.327 e. The average molecular weight is 372 g/mol. The lowest BCUT2D eigenvalue weighted by atomic mass is 10.1. The molecule has 2 aromatic rings. The minimum atomic E-state index is -0.442. The van der Waals surface area contributed by atoms with Gasteiger partial charge in [-0.1, -0.05) is 34.6 Å². The van der Waals surface area contributed by atoms with Crippen molar-refractivity contribution in [2.75, 3.05) is 0 Å². The highest BCUT2D eigenvalue weighted by Gasteiger charge is 2.12. The second-order valence-electron chi connectivity index (χ2n) is 4.80. The van der Waals surface area contributed by atoms with E-state index in [1.54, 1.807) is 0 Å². The fourth-order valence-electron chi connectivity index (χ4n) is 1.91. The maximum Gasteiger partial charge on any atom is 0.137 e. The molecule has 2 aromatic carbocycles. The first kappa shape index (κ1) is 16.5. The molecule has 1 nitrogen and oxygen atoms in total. The van der Waals surface area contributed by atoms with Crippen molar-refractivity contribution in [1.82, 2.24) is 0 Å². The summed E-state index contributed by atoms with van der Waals surface area (Å²) in [4.78, 5) is 1.18. The third-order valence-electron chi connectivity index (χ3n) is 3.14. The van der Waals surface area contributed by atoms with Crippen LogP contribution in [-0.2, 0) is 6.42 Å². The lowest BCUT2D eigenvalue weighted by Crippen LogP contribution is -2.21. The predicted octanol–water partition coefficient (Wildman–Crippen LogP) is 5.16. The monoisotopic (exact) mass is 371 g/mol. The summed E-state index contributed by atoms with van der Waals surface area (Å²) in [6, 6.07) is 9.30. The van der Waals surface area contributed by atoms with Gasteiger partial charge in [0.1, 0.15) is 11.6 Å². The number of nitrogens with two attached hydrogens (primary N) is 1. The molecule has 21 heavy (non-hydrogen) atoms. The molecule has 0 heterocycles. The molecular weight excluding hydrogens is 356 g/mol.